The summed E-state index contributed by atoms with van der Waals surface area (Å²) >= 11 is 0. The predicted molar refractivity (Wildman–Crippen MR) is 59.3 cm³/mol. The van der Waals surface area contributed by atoms with Gasteiger partial charge in [0.15, 0.2) is 0 Å². The summed E-state index contributed by atoms with van der Waals surface area (Å²) in [5, 5.41) is 0. The second-order valence-corrected chi connectivity index (χ2v) is 4.42. The summed E-state index contributed by atoms with van der Waals surface area (Å²) in [4.78, 5) is 2.51. The fourth-order valence-corrected chi connectivity index (χ4v) is 2.15. The second kappa shape index (κ2) is 5.69. The van der Waals surface area contributed by atoms with Crippen LogP contribution in [-0.4, -0.2) is 43.8 Å². The molecule has 3 atom stereocenters. The first kappa shape index (κ1) is 12.0. The van der Waals surface area contributed by atoms with Crippen molar-refractivity contribution in [2.24, 2.45) is 11.7 Å². The van der Waals surface area contributed by atoms with Gasteiger partial charge in [0.1, 0.15) is 0 Å². The molecule has 0 aromatic heterocycles. The minimum absolute atomic E-state index is 0.312. The first-order valence-electron chi connectivity index (χ1n) is 5.66. The molecule has 1 saturated heterocycles. The number of methoxy groups -OCH3 is 1. The van der Waals surface area contributed by atoms with Crippen LogP contribution in [0.15, 0.2) is 0 Å². The van der Waals surface area contributed by atoms with Crippen molar-refractivity contribution in [2.45, 2.75) is 38.8 Å². The van der Waals surface area contributed by atoms with Gasteiger partial charge < -0.3 is 10.5 Å². The van der Waals surface area contributed by atoms with Gasteiger partial charge in [0.25, 0.3) is 0 Å². The maximum absolute atomic E-state index is 5.72. The maximum Gasteiger partial charge on any atom is 0.0695 e. The lowest BCUT2D eigenvalue weighted by atomic mass is 9.96. The topological polar surface area (TPSA) is 38.5 Å². The van der Waals surface area contributed by atoms with Crippen LogP contribution in [0.3, 0.4) is 0 Å². The maximum atomic E-state index is 5.72. The summed E-state index contributed by atoms with van der Waals surface area (Å²) in [7, 11) is 1.78. The van der Waals surface area contributed by atoms with Gasteiger partial charge in [-0.2, -0.15) is 0 Å². The Morgan fingerprint density at radius 3 is 2.79 bits per heavy atom. The molecule has 1 heterocycles. The van der Waals surface area contributed by atoms with Crippen LogP contribution >= 0.6 is 0 Å². The van der Waals surface area contributed by atoms with Gasteiger partial charge in [0, 0.05) is 19.7 Å². The Hall–Kier alpha value is -0.120. The number of nitrogens with zero attached hydrogens (tertiary/aromatic N) is 1. The molecular formula is C11H24N2O. The Bertz CT molecular complexity index is 161. The number of likely N-dealkylation sites (tertiary alicyclic amines) is 1. The van der Waals surface area contributed by atoms with E-state index in [4.69, 9.17) is 10.5 Å². The fraction of sp³-hybridized carbons (Fsp3) is 1.00. The van der Waals surface area contributed by atoms with E-state index in [-0.39, 0.29) is 0 Å². The van der Waals surface area contributed by atoms with Crippen molar-refractivity contribution in [1.82, 2.24) is 4.90 Å². The van der Waals surface area contributed by atoms with E-state index in [0.29, 0.717) is 18.1 Å². The molecule has 0 spiro atoms. The van der Waals surface area contributed by atoms with Crippen LogP contribution in [0.5, 0.6) is 0 Å². The van der Waals surface area contributed by atoms with Crippen molar-refractivity contribution in [3.05, 3.63) is 0 Å². The molecule has 0 bridgehead atoms. The third-order valence-corrected chi connectivity index (χ3v) is 3.51. The molecule has 3 nitrogen and oxygen atoms in total. The zero-order valence-electron chi connectivity index (χ0n) is 9.70. The monoisotopic (exact) mass is 200 g/mol. The lowest BCUT2D eigenvalue weighted by molar-refractivity contribution is 0.0160. The first-order chi connectivity index (χ1) is 6.69. The molecule has 14 heavy (non-hydrogen) atoms. The number of hydrogen-bond donors (Lipinski definition) is 1. The fourth-order valence-electron chi connectivity index (χ4n) is 2.15. The lowest BCUT2D eigenvalue weighted by Crippen LogP contribution is -2.47. The smallest absolute Gasteiger partial charge is 0.0695 e. The number of ether oxygens (including phenoxy) is 1. The van der Waals surface area contributed by atoms with Crippen molar-refractivity contribution >= 4 is 0 Å². The zero-order chi connectivity index (χ0) is 10.6. The third kappa shape index (κ3) is 2.94. The van der Waals surface area contributed by atoms with Gasteiger partial charge in [-0.05, 0) is 45.7 Å². The van der Waals surface area contributed by atoms with Crippen LogP contribution in [0.4, 0.5) is 0 Å². The standard InChI is InChI=1S/C11H24N2O/c1-9(10(2)14-3)13-6-4-5-11(7-12)8-13/h9-11H,4-8,12H2,1-3H3. The molecule has 0 amide bonds. The van der Waals surface area contributed by atoms with E-state index in [2.05, 4.69) is 18.7 Å². The lowest BCUT2D eigenvalue weighted by Gasteiger charge is -2.38. The van der Waals surface area contributed by atoms with Crippen molar-refractivity contribution < 1.29 is 4.74 Å². The molecule has 0 aliphatic carbocycles. The third-order valence-electron chi connectivity index (χ3n) is 3.51. The van der Waals surface area contributed by atoms with Gasteiger partial charge in [-0.15, -0.1) is 0 Å². The molecule has 0 aromatic carbocycles. The Kier molecular flexibility index (Phi) is 4.85. The van der Waals surface area contributed by atoms with Crippen LogP contribution in [0.2, 0.25) is 0 Å². The van der Waals surface area contributed by atoms with E-state index >= 15 is 0 Å². The van der Waals surface area contributed by atoms with E-state index in [9.17, 15) is 0 Å². The van der Waals surface area contributed by atoms with Crippen LogP contribution in [0.25, 0.3) is 0 Å². The molecule has 1 fully saturated rings. The molecule has 3 unspecified atom stereocenters. The summed E-state index contributed by atoms with van der Waals surface area (Å²) in [6.45, 7) is 7.55. The minimum Gasteiger partial charge on any atom is -0.380 e. The summed E-state index contributed by atoms with van der Waals surface area (Å²) < 4.78 is 5.36. The Morgan fingerprint density at radius 1 is 1.50 bits per heavy atom. The molecule has 1 aliphatic rings. The van der Waals surface area contributed by atoms with Crippen LogP contribution in [-0.2, 0) is 4.74 Å². The normalized spacial score (nSPS) is 28.7. The summed E-state index contributed by atoms with van der Waals surface area (Å²) in [5.41, 5.74) is 5.72. The van der Waals surface area contributed by atoms with E-state index < -0.39 is 0 Å². The first-order valence-corrected chi connectivity index (χ1v) is 5.66. The average molecular weight is 200 g/mol. The van der Waals surface area contributed by atoms with Gasteiger partial charge in [-0.3, -0.25) is 4.90 Å². The largest absolute Gasteiger partial charge is 0.380 e. The number of nitrogens with two attached hydrogens (primary N) is 1. The van der Waals surface area contributed by atoms with Crippen LogP contribution in [0, 0.1) is 5.92 Å². The Labute approximate surface area is 87.6 Å². The zero-order valence-corrected chi connectivity index (χ0v) is 9.70. The molecule has 2 N–H and O–H groups in total. The molecule has 0 saturated carbocycles. The van der Waals surface area contributed by atoms with Crippen molar-refractivity contribution in [3.8, 4) is 0 Å². The van der Waals surface area contributed by atoms with Crippen molar-refractivity contribution in [3.63, 3.8) is 0 Å². The molecule has 84 valence electrons. The van der Waals surface area contributed by atoms with Crippen LogP contribution in [0.1, 0.15) is 26.7 Å². The van der Waals surface area contributed by atoms with E-state index in [1.54, 1.807) is 7.11 Å². The average Bonchev–Trinajstić information content (AvgIpc) is 2.27. The molecule has 1 rings (SSSR count). The van der Waals surface area contributed by atoms with E-state index in [1.165, 1.54) is 19.4 Å². The molecular weight excluding hydrogens is 176 g/mol. The number of hydrogen-bond acceptors (Lipinski definition) is 3. The van der Waals surface area contributed by atoms with Crippen molar-refractivity contribution in [2.75, 3.05) is 26.7 Å². The van der Waals surface area contributed by atoms with E-state index in [0.717, 1.165) is 13.1 Å². The molecule has 3 heteroatoms. The SMILES string of the molecule is COC(C)C(C)N1CCCC(CN)C1. The number of rotatable bonds is 4. The number of piperidine rings is 1. The highest BCUT2D eigenvalue weighted by Gasteiger charge is 2.25. The Balaban J connectivity index is 2.42. The van der Waals surface area contributed by atoms with Gasteiger partial charge in [0.05, 0.1) is 6.10 Å². The molecule has 0 radical (unpaired) electrons. The highest BCUT2D eigenvalue weighted by atomic mass is 16.5. The van der Waals surface area contributed by atoms with Gasteiger partial charge >= 0.3 is 0 Å². The highest BCUT2D eigenvalue weighted by molar-refractivity contribution is 4.80. The summed E-state index contributed by atoms with van der Waals surface area (Å²) in [6.07, 6.45) is 2.88. The van der Waals surface area contributed by atoms with E-state index in [1.807, 2.05) is 0 Å². The summed E-state index contributed by atoms with van der Waals surface area (Å²) in [5.74, 6) is 0.690. The summed E-state index contributed by atoms with van der Waals surface area (Å²) in [6, 6.07) is 0.509. The molecule has 0 aromatic rings. The minimum atomic E-state index is 0.312. The van der Waals surface area contributed by atoms with Crippen LogP contribution < -0.4 is 5.73 Å². The second-order valence-electron chi connectivity index (χ2n) is 4.42. The molecule has 1 aliphatic heterocycles. The quantitative estimate of drug-likeness (QED) is 0.738. The Morgan fingerprint density at radius 2 is 2.21 bits per heavy atom. The van der Waals surface area contributed by atoms with Gasteiger partial charge in [-0.25, -0.2) is 0 Å². The van der Waals surface area contributed by atoms with Gasteiger partial charge in [0.2, 0.25) is 0 Å². The van der Waals surface area contributed by atoms with Crippen molar-refractivity contribution in [1.29, 1.82) is 0 Å². The highest BCUT2D eigenvalue weighted by Crippen LogP contribution is 2.19. The predicted octanol–water partition coefficient (Wildman–Crippen LogP) is 1.08. The van der Waals surface area contributed by atoms with Gasteiger partial charge in [-0.1, -0.05) is 0 Å².